The fourth-order valence-corrected chi connectivity index (χ4v) is 5.86. The summed E-state index contributed by atoms with van der Waals surface area (Å²) < 4.78 is 0. The van der Waals surface area contributed by atoms with Gasteiger partial charge in [0.25, 0.3) is 5.91 Å². The van der Waals surface area contributed by atoms with Crippen LogP contribution in [0.4, 0.5) is 5.69 Å². The Kier molecular flexibility index (Phi) is 4.56. The Morgan fingerprint density at radius 2 is 1.96 bits per heavy atom. The summed E-state index contributed by atoms with van der Waals surface area (Å²) in [5.74, 6) is -1.03. The number of nitrogens with zero attached hydrogens (tertiary/aromatic N) is 1. The second kappa shape index (κ2) is 6.47. The lowest BCUT2D eigenvalue weighted by molar-refractivity contribution is -0.733. The minimum Gasteiger partial charge on any atom is -0.326 e. The highest BCUT2D eigenvalue weighted by molar-refractivity contribution is 7.98. The van der Waals surface area contributed by atoms with Crippen molar-refractivity contribution < 1.29 is 19.7 Å². The molecule has 4 rings (SSSR count). The number of nitrogens with one attached hydrogen (secondary N) is 1. The fourth-order valence-electron chi connectivity index (χ4n) is 5.13. The third-order valence-corrected chi connectivity index (χ3v) is 7.14. The number of imide groups is 1. The average Bonchev–Trinajstić information content (AvgIpc) is 3.19. The molecule has 1 aromatic rings. The first kappa shape index (κ1) is 19.7. The lowest BCUT2D eigenvalue weighted by atomic mass is 9.76. The quantitative estimate of drug-likeness (QED) is 0.724. The first-order valence-corrected chi connectivity index (χ1v) is 11.2. The number of likely N-dealkylation sites (tertiary alicyclic amines) is 1. The second-order valence-electron chi connectivity index (χ2n) is 8.78. The number of amides is 3. The molecule has 0 unspecified atom stereocenters. The number of rotatable bonds is 3. The van der Waals surface area contributed by atoms with Gasteiger partial charge in [-0.05, 0) is 44.9 Å². The second-order valence-corrected chi connectivity index (χ2v) is 10.2. The standard InChI is InChI=1S/C20H24ClN3O3S/c1-19(2,3)24-16(25)13-12(8-9-28-4)23-20(14(13)17(24)26)10-6-5-7-11(21)15(10)22-18(20)27/h5-7,12-14,23H,8-9H2,1-4H3,(H,22,27)/p+1/t12-,13+,14+,20+/m0/s1. The maximum Gasteiger partial charge on any atom is 0.291 e. The molecule has 3 aliphatic heterocycles. The highest BCUT2D eigenvalue weighted by Gasteiger charge is 2.74. The summed E-state index contributed by atoms with van der Waals surface area (Å²) in [6, 6.07) is 5.24. The molecule has 0 bridgehead atoms. The van der Waals surface area contributed by atoms with Crippen molar-refractivity contribution in [3.63, 3.8) is 0 Å². The molecule has 150 valence electrons. The molecule has 6 nitrogen and oxygen atoms in total. The molecular weight excluding hydrogens is 398 g/mol. The largest absolute Gasteiger partial charge is 0.326 e. The Labute approximate surface area is 173 Å². The van der Waals surface area contributed by atoms with Crippen LogP contribution < -0.4 is 10.6 Å². The molecule has 0 saturated carbocycles. The van der Waals surface area contributed by atoms with Crippen LogP contribution in [0.25, 0.3) is 0 Å². The van der Waals surface area contributed by atoms with Crippen LogP contribution in [-0.2, 0) is 19.9 Å². The van der Waals surface area contributed by atoms with Gasteiger partial charge in [0.1, 0.15) is 17.9 Å². The third kappa shape index (κ3) is 2.49. The molecule has 28 heavy (non-hydrogen) atoms. The van der Waals surface area contributed by atoms with Crippen LogP contribution in [-0.4, -0.2) is 46.2 Å². The van der Waals surface area contributed by atoms with E-state index in [9.17, 15) is 14.4 Å². The van der Waals surface area contributed by atoms with Crippen molar-refractivity contribution in [2.75, 3.05) is 17.3 Å². The lowest BCUT2D eigenvalue weighted by Gasteiger charge is -2.33. The topological polar surface area (TPSA) is 83.1 Å². The Balaban J connectivity index is 1.89. The number of fused-ring (bicyclic) bond motifs is 4. The minimum absolute atomic E-state index is 0.128. The Bertz CT molecular complexity index is 884. The fraction of sp³-hybridized carbons (Fsp3) is 0.550. The van der Waals surface area contributed by atoms with Gasteiger partial charge in [-0.1, -0.05) is 17.7 Å². The van der Waals surface area contributed by atoms with E-state index in [1.54, 1.807) is 23.9 Å². The predicted molar refractivity (Wildman–Crippen MR) is 109 cm³/mol. The van der Waals surface area contributed by atoms with Crippen molar-refractivity contribution in [2.24, 2.45) is 11.8 Å². The number of hydrogen-bond acceptors (Lipinski definition) is 4. The molecule has 3 heterocycles. The Morgan fingerprint density at radius 3 is 2.61 bits per heavy atom. The van der Waals surface area contributed by atoms with Gasteiger partial charge < -0.3 is 10.6 Å². The van der Waals surface area contributed by atoms with Crippen LogP contribution in [0.2, 0.25) is 5.02 Å². The SMILES string of the molecule is CSCC[C@@H]1[NH2+][C@@]2(C(=O)Nc3c(Cl)cccc32)[C@H]2C(=O)N(C(C)(C)C)C(=O)[C@H]12. The highest BCUT2D eigenvalue weighted by Crippen LogP contribution is 2.51. The van der Waals surface area contributed by atoms with Crippen molar-refractivity contribution in [1.82, 2.24) is 4.90 Å². The Morgan fingerprint density at radius 1 is 1.25 bits per heavy atom. The van der Waals surface area contributed by atoms with E-state index in [1.165, 1.54) is 4.90 Å². The Hall–Kier alpha value is -1.57. The van der Waals surface area contributed by atoms with E-state index >= 15 is 0 Å². The van der Waals surface area contributed by atoms with Gasteiger partial charge in [-0.2, -0.15) is 11.8 Å². The average molecular weight is 423 g/mol. The molecule has 3 amide bonds. The number of carbonyl (C=O) groups excluding carboxylic acids is 3. The molecule has 1 aromatic carbocycles. The summed E-state index contributed by atoms with van der Waals surface area (Å²) in [7, 11) is 0. The molecule has 3 aliphatic rings. The van der Waals surface area contributed by atoms with Crippen molar-refractivity contribution >= 4 is 46.8 Å². The van der Waals surface area contributed by atoms with Crippen LogP contribution in [0, 0.1) is 11.8 Å². The summed E-state index contributed by atoms with van der Waals surface area (Å²) in [5.41, 5.74) is -0.496. The number of anilines is 1. The van der Waals surface area contributed by atoms with Crippen LogP contribution in [0.15, 0.2) is 18.2 Å². The van der Waals surface area contributed by atoms with E-state index in [1.807, 2.05) is 38.4 Å². The zero-order valence-electron chi connectivity index (χ0n) is 16.4. The zero-order valence-corrected chi connectivity index (χ0v) is 18.0. The van der Waals surface area contributed by atoms with Gasteiger partial charge in [-0.3, -0.25) is 19.3 Å². The van der Waals surface area contributed by atoms with Crippen LogP contribution in [0.5, 0.6) is 0 Å². The summed E-state index contributed by atoms with van der Waals surface area (Å²) in [6.07, 6.45) is 2.77. The molecule has 8 heteroatoms. The zero-order chi connectivity index (χ0) is 20.4. The van der Waals surface area contributed by atoms with Gasteiger partial charge in [0.2, 0.25) is 17.4 Å². The van der Waals surface area contributed by atoms with Crippen LogP contribution in [0.1, 0.15) is 32.8 Å². The monoisotopic (exact) mass is 422 g/mol. The minimum atomic E-state index is -1.14. The number of nitrogens with two attached hydrogens (primary N) is 1. The third-order valence-electron chi connectivity index (χ3n) is 6.18. The molecule has 0 radical (unpaired) electrons. The summed E-state index contributed by atoms with van der Waals surface area (Å²) >= 11 is 8.03. The number of para-hydroxylation sites is 1. The predicted octanol–water partition coefficient (Wildman–Crippen LogP) is 1.59. The van der Waals surface area contributed by atoms with Gasteiger partial charge in [0.15, 0.2) is 0 Å². The first-order chi connectivity index (χ1) is 13.1. The number of halogens is 1. The van der Waals surface area contributed by atoms with E-state index in [0.29, 0.717) is 16.3 Å². The summed E-state index contributed by atoms with van der Waals surface area (Å²) in [5, 5.41) is 5.30. The number of benzene rings is 1. The van der Waals surface area contributed by atoms with Crippen molar-refractivity contribution in [1.29, 1.82) is 0 Å². The number of hydrogen-bond donors (Lipinski definition) is 2. The van der Waals surface area contributed by atoms with Gasteiger partial charge >= 0.3 is 0 Å². The van der Waals surface area contributed by atoms with E-state index in [-0.39, 0.29) is 23.8 Å². The number of quaternary nitrogens is 1. The first-order valence-electron chi connectivity index (χ1n) is 9.48. The van der Waals surface area contributed by atoms with E-state index in [4.69, 9.17) is 11.6 Å². The molecule has 1 spiro atoms. The van der Waals surface area contributed by atoms with Gasteiger partial charge in [0, 0.05) is 17.5 Å². The maximum absolute atomic E-state index is 13.5. The summed E-state index contributed by atoms with van der Waals surface area (Å²) in [6.45, 7) is 5.57. The smallest absolute Gasteiger partial charge is 0.291 e. The number of carbonyl (C=O) groups is 3. The van der Waals surface area contributed by atoms with Gasteiger partial charge in [-0.15, -0.1) is 0 Å². The van der Waals surface area contributed by atoms with Crippen molar-refractivity contribution in [2.45, 2.75) is 44.3 Å². The molecule has 0 aromatic heterocycles. The van der Waals surface area contributed by atoms with E-state index in [0.717, 1.165) is 12.2 Å². The number of thioether (sulfide) groups is 1. The maximum atomic E-state index is 13.5. The van der Waals surface area contributed by atoms with Crippen molar-refractivity contribution in [3.05, 3.63) is 28.8 Å². The lowest BCUT2D eigenvalue weighted by Crippen LogP contribution is -2.99. The van der Waals surface area contributed by atoms with E-state index < -0.39 is 22.9 Å². The van der Waals surface area contributed by atoms with Gasteiger partial charge in [0.05, 0.1) is 10.7 Å². The molecule has 4 atom stereocenters. The molecule has 2 fully saturated rings. The van der Waals surface area contributed by atoms with Crippen molar-refractivity contribution in [3.8, 4) is 0 Å². The van der Waals surface area contributed by atoms with Crippen LogP contribution in [0.3, 0.4) is 0 Å². The van der Waals surface area contributed by atoms with Gasteiger partial charge in [-0.25, -0.2) is 0 Å². The highest BCUT2D eigenvalue weighted by atomic mass is 35.5. The normalized spacial score (nSPS) is 31.5. The van der Waals surface area contributed by atoms with Crippen LogP contribution >= 0.6 is 23.4 Å². The summed E-state index contributed by atoms with van der Waals surface area (Å²) in [4.78, 5) is 41.6. The molecule has 3 N–H and O–H groups in total. The molecular formula is C20H25ClN3O3S+. The molecule has 2 saturated heterocycles. The van der Waals surface area contributed by atoms with E-state index in [2.05, 4.69) is 5.32 Å². The molecule has 0 aliphatic carbocycles.